The molecule has 0 aliphatic carbocycles. The molecule has 0 spiro atoms. The highest BCUT2D eigenvalue weighted by Crippen LogP contribution is 2.32. The van der Waals surface area contributed by atoms with Gasteiger partial charge < -0.3 is 15.4 Å². The lowest BCUT2D eigenvalue weighted by Gasteiger charge is -2.35. The molecule has 0 radical (unpaired) electrons. The van der Waals surface area contributed by atoms with E-state index >= 15 is 0 Å². The Morgan fingerprint density at radius 2 is 2.28 bits per heavy atom. The van der Waals surface area contributed by atoms with Gasteiger partial charge in [0.25, 0.3) is 11.8 Å². The van der Waals surface area contributed by atoms with Crippen molar-refractivity contribution in [2.45, 2.75) is 32.2 Å². The maximum Gasteiger partial charge on any atom is 0.269 e. The topological polar surface area (TPSA) is 114 Å². The summed E-state index contributed by atoms with van der Waals surface area (Å²) in [5.74, 6) is -0.402. The number of aromatic nitrogens is 3. The second-order valence-corrected chi connectivity index (χ2v) is 5.87. The van der Waals surface area contributed by atoms with Gasteiger partial charge in [0.2, 0.25) is 5.88 Å². The van der Waals surface area contributed by atoms with Crippen LogP contribution in [0.25, 0.3) is 0 Å². The number of H-pyrrole nitrogens is 1. The predicted molar refractivity (Wildman–Crippen MR) is 90.1 cm³/mol. The third-order valence-corrected chi connectivity index (χ3v) is 4.26. The fourth-order valence-corrected chi connectivity index (χ4v) is 3.09. The van der Waals surface area contributed by atoms with Crippen LogP contribution in [0.2, 0.25) is 0 Å². The van der Waals surface area contributed by atoms with Gasteiger partial charge >= 0.3 is 0 Å². The second-order valence-electron chi connectivity index (χ2n) is 5.87. The van der Waals surface area contributed by atoms with E-state index in [2.05, 4.69) is 15.2 Å². The molecule has 8 heteroatoms. The van der Waals surface area contributed by atoms with Crippen LogP contribution in [-0.4, -0.2) is 45.0 Å². The van der Waals surface area contributed by atoms with Crippen molar-refractivity contribution in [3.05, 3.63) is 41.3 Å². The molecule has 25 heavy (non-hydrogen) atoms. The number of primary amides is 1. The van der Waals surface area contributed by atoms with E-state index in [1.54, 1.807) is 29.3 Å². The van der Waals surface area contributed by atoms with Gasteiger partial charge in [-0.3, -0.25) is 14.7 Å². The molecule has 1 aliphatic heterocycles. The van der Waals surface area contributed by atoms with Gasteiger partial charge in [-0.1, -0.05) is 0 Å². The van der Waals surface area contributed by atoms with Gasteiger partial charge in [-0.25, -0.2) is 4.98 Å². The van der Waals surface area contributed by atoms with Crippen molar-refractivity contribution in [1.29, 1.82) is 0 Å². The summed E-state index contributed by atoms with van der Waals surface area (Å²) in [6, 6.07) is 4.87. The summed E-state index contributed by atoms with van der Waals surface area (Å²) >= 11 is 0. The number of amides is 2. The number of hydrogen-bond acceptors (Lipinski definition) is 5. The van der Waals surface area contributed by atoms with Crippen LogP contribution >= 0.6 is 0 Å². The molecule has 3 heterocycles. The summed E-state index contributed by atoms with van der Waals surface area (Å²) < 4.78 is 5.49. The first-order valence-corrected chi connectivity index (χ1v) is 8.35. The number of piperidine rings is 1. The van der Waals surface area contributed by atoms with Crippen LogP contribution < -0.4 is 10.5 Å². The van der Waals surface area contributed by atoms with Crippen LogP contribution in [0.4, 0.5) is 0 Å². The highest BCUT2D eigenvalue weighted by molar-refractivity contribution is 5.96. The van der Waals surface area contributed by atoms with Gasteiger partial charge in [0.1, 0.15) is 11.3 Å². The summed E-state index contributed by atoms with van der Waals surface area (Å²) in [5.41, 5.74) is 6.59. The standard InChI is InChI=1S/C17H21N5O3/c1-2-25-16-11(6-5-8-19-16)17(24)22-9-4-3-7-14(22)12-10-13(15(18)23)21-20-12/h5-6,8,10,14H,2-4,7,9H2,1H3,(H2,18,23)(H,20,21)/t14-/m0/s1. The van der Waals surface area contributed by atoms with E-state index in [-0.39, 0.29) is 17.6 Å². The average Bonchev–Trinajstić information content (AvgIpc) is 3.12. The molecule has 3 rings (SSSR count). The molecule has 1 fully saturated rings. The van der Waals surface area contributed by atoms with Crippen LogP contribution in [0.15, 0.2) is 24.4 Å². The normalized spacial score (nSPS) is 17.3. The Balaban J connectivity index is 1.90. The predicted octanol–water partition coefficient (Wildman–Crippen LogP) is 1.67. The Labute approximate surface area is 145 Å². The van der Waals surface area contributed by atoms with Crippen molar-refractivity contribution in [2.24, 2.45) is 5.73 Å². The molecule has 132 valence electrons. The lowest BCUT2D eigenvalue weighted by Crippen LogP contribution is -2.39. The molecule has 0 unspecified atom stereocenters. The molecule has 1 atom stereocenters. The lowest BCUT2D eigenvalue weighted by atomic mass is 9.98. The van der Waals surface area contributed by atoms with Gasteiger partial charge in [-0.2, -0.15) is 5.10 Å². The molecule has 2 amide bonds. The van der Waals surface area contributed by atoms with Gasteiger partial charge in [0.15, 0.2) is 0 Å². The summed E-state index contributed by atoms with van der Waals surface area (Å²) in [4.78, 5) is 30.3. The van der Waals surface area contributed by atoms with Crippen molar-refractivity contribution < 1.29 is 14.3 Å². The Kier molecular flexibility index (Phi) is 4.97. The van der Waals surface area contributed by atoms with Crippen LogP contribution in [0, 0.1) is 0 Å². The van der Waals surface area contributed by atoms with Crippen molar-refractivity contribution in [3.8, 4) is 5.88 Å². The minimum Gasteiger partial charge on any atom is -0.477 e. The molecule has 3 N–H and O–H groups in total. The van der Waals surface area contributed by atoms with E-state index in [0.717, 1.165) is 19.3 Å². The fraction of sp³-hybridized carbons (Fsp3) is 0.412. The van der Waals surface area contributed by atoms with E-state index in [0.29, 0.717) is 30.3 Å². The average molecular weight is 343 g/mol. The number of hydrogen-bond donors (Lipinski definition) is 2. The molecule has 0 aromatic carbocycles. The maximum atomic E-state index is 13.1. The number of nitrogens with two attached hydrogens (primary N) is 1. The Morgan fingerprint density at radius 3 is 3.00 bits per heavy atom. The van der Waals surface area contributed by atoms with E-state index in [1.165, 1.54) is 0 Å². The SMILES string of the molecule is CCOc1ncccc1C(=O)N1CCCC[C@H]1c1cc(C(N)=O)n[nH]1. The highest BCUT2D eigenvalue weighted by atomic mass is 16.5. The molecule has 1 saturated heterocycles. The van der Waals surface area contributed by atoms with Crippen LogP contribution in [-0.2, 0) is 0 Å². The van der Waals surface area contributed by atoms with Crippen molar-refractivity contribution in [3.63, 3.8) is 0 Å². The molecular formula is C17H21N5O3. The number of nitrogens with zero attached hydrogens (tertiary/aromatic N) is 3. The van der Waals surface area contributed by atoms with Crippen LogP contribution in [0.1, 0.15) is 58.8 Å². The number of carbonyl (C=O) groups is 2. The molecule has 8 nitrogen and oxygen atoms in total. The Bertz CT molecular complexity index is 773. The quantitative estimate of drug-likeness (QED) is 0.857. The number of nitrogens with one attached hydrogen (secondary N) is 1. The minimum atomic E-state index is -0.595. The van der Waals surface area contributed by atoms with E-state index in [9.17, 15) is 9.59 Å². The molecular weight excluding hydrogens is 322 g/mol. The van der Waals surface area contributed by atoms with Crippen LogP contribution in [0.5, 0.6) is 5.88 Å². The van der Waals surface area contributed by atoms with Crippen molar-refractivity contribution in [2.75, 3.05) is 13.2 Å². The summed E-state index contributed by atoms with van der Waals surface area (Å²) in [6.45, 7) is 2.90. The first-order chi connectivity index (χ1) is 12.1. The smallest absolute Gasteiger partial charge is 0.269 e. The van der Waals surface area contributed by atoms with E-state index in [1.807, 2.05) is 6.92 Å². The molecule has 1 aliphatic rings. The maximum absolute atomic E-state index is 13.1. The van der Waals surface area contributed by atoms with E-state index in [4.69, 9.17) is 10.5 Å². The Hall–Kier alpha value is -2.90. The highest BCUT2D eigenvalue weighted by Gasteiger charge is 2.31. The van der Waals surface area contributed by atoms with Gasteiger partial charge in [0, 0.05) is 12.7 Å². The zero-order valence-electron chi connectivity index (χ0n) is 14.1. The third kappa shape index (κ3) is 3.47. The fourth-order valence-electron chi connectivity index (χ4n) is 3.09. The largest absolute Gasteiger partial charge is 0.477 e. The Morgan fingerprint density at radius 1 is 1.44 bits per heavy atom. The summed E-state index contributed by atoms with van der Waals surface area (Å²) in [5, 5.41) is 6.77. The number of ether oxygens (including phenoxy) is 1. The molecule has 2 aromatic rings. The van der Waals surface area contributed by atoms with Gasteiger partial charge in [-0.05, 0) is 44.4 Å². The number of pyridine rings is 1. The van der Waals surface area contributed by atoms with Gasteiger partial charge in [0.05, 0.1) is 18.3 Å². The first-order valence-electron chi connectivity index (χ1n) is 8.35. The van der Waals surface area contributed by atoms with Crippen molar-refractivity contribution in [1.82, 2.24) is 20.1 Å². The minimum absolute atomic E-state index is 0.142. The zero-order valence-corrected chi connectivity index (χ0v) is 14.1. The van der Waals surface area contributed by atoms with Crippen LogP contribution in [0.3, 0.4) is 0 Å². The molecule has 2 aromatic heterocycles. The monoisotopic (exact) mass is 343 g/mol. The summed E-state index contributed by atoms with van der Waals surface area (Å²) in [6.07, 6.45) is 4.30. The van der Waals surface area contributed by atoms with Gasteiger partial charge in [-0.15, -0.1) is 0 Å². The molecule has 0 saturated carbocycles. The van der Waals surface area contributed by atoms with E-state index < -0.39 is 5.91 Å². The number of rotatable bonds is 5. The number of carbonyl (C=O) groups excluding carboxylic acids is 2. The van der Waals surface area contributed by atoms with Crippen molar-refractivity contribution >= 4 is 11.8 Å². The molecule has 0 bridgehead atoms. The first kappa shape index (κ1) is 16.9. The number of aromatic amines is 1. The lowest BCUT2D eigenvalue weighted by molar-refractivity contribution is 0.0601. The second kappa shape index (κ2) is 7.33. The number of likely N-dealkylation sites (tertiary alicyclic amines) is 1. The zero-order chi connectivity index (χ0) is 17.8. The third-order valence-electron chi connectivity index (χ3n) is 4.26. The summed E-state index contributed by atoms with van der Waals surface area (Å²) in [7, 11) is 0.